The highest BCUT2D eigenvalue weighted by Gasteiger charge is 2.49. The van der Waals surface area contributed by atoms with E-state index in [1.54, 1.807) is 0 Å². The van der Waals surface area contributed by atoms with Gasteiger partial charge in [-0.2, -0.15) is 0 Å². The van der Waals surface area contributed by atoms with Crippen molar-refractivity contribution in [1.29, 1.82) is 0 Å². The van der Waals surface area contributed by atoms with E-state index in [9.17, 15) is 0 Å². The Kier molecular flexibility index (Phi) is 7.68. The van der Waals surface area contributed by atoms with Gasteiger partial charge in [-0.15, -0.1) is 0 Å². The van der Waals surface area contributed by atoms with Gasteiger partial charge in [-0.3, -0.25) is 4.57 Å². The maximum absolute atomic E-state index is 7.34. The van der Waals surface area contributed by atoms with Crippen molar-refractivity contribution < 1.29 is 4.74 Å². The predicted octanol–water partition coefficient (Wildman–Crippen LogP) is 9.54. The number of para-hydroxylation sites is 4. The first-order valence-corrected chi connectivity index (χ1v) is 21.9. The molecule has 6 heteroatoms. The normalized spacial score (nSPS) is 13.4. The van der Waals surface area contributed by atoms with Crippen molar-refractivity contribution in [2.45, 2.75) is 19.3 Å². The molecular formula is C52H40N4OSi. The summed E-state index contributed by atoms with van der Waals surface area (Å²) in [6, 6.07) is 65.9. The Labute approximate surface area is 338 Å². The van der Waals surface area contributed by atoms with Crippen LogP contribution >= 0.6 is 0 Å². The minimum atomic E-state index is -3.25. The summed E-state index contributed by atoms with van der Waals surface area (Å²) in [7, 11) is -1.13. The average molecular weight is 765 g/mol. The molecule has 3 aromatic heterocycles. The predicted molar refractivity (Wildman–Crippen MR) is 241 cm³/mol. The molecule has 0 spiro atoms. The van der Waals surface area contributed by atoms with Crippen molar-refractivity contribution in [2.75, 3.05) is 0 Å². The fraction of sp³-hybridized carbons (Fsp3) is 0.0769. The van der Waals surface area contributed by atoms with Gasteiger partial charge in [0.05, 0.1) is 27.5 Å². The Balaban J connectivity index is 1.35. The zero-order valence-corrected chi connectivity index (χ0v) is 33.6. The number of pyridine rings is 1. The molecule has 1 aliphatic heterocycles. The Hall–Kier alpha value is -7.02. The number of benzene rings is 7. The molecule has 5 nitrogen and oxygen atoms in total. The zero-order valence-electron chi connectivity index (χ0n) is 32.6. The molecule has 0 saturated heterocycles. The first-order chi connectivity index (χ1) is 28.5. The molecule has 0 unspecified atom stereocenters. The number of aromatic nitrogens is 4. The van der Waals surface area contributed by atoms with Crippen LogP contribution in [0.2, 0.25) is 0 Å². The molecule has 4 heterocycles. The topological polar surface area (TPSA) is 44.9 Å². The first kappa shape index (κ1) is 34.2. The van der Waals surface area contributed by atoms with Crippen molar-refractivity contribution in [3.8, 4) is 28.7 Å². The summed E-state index contributed by atoms with van der Waals surface area (Å²) in [6.45, 7) is 4.76. The molecule has 0 N–H and O–H groups in total. The minimum absolute atomic E-state index is 0.432. The van der Waals surface area contributed by atoms with E-state index in [4.69, 9.17) is 14.7 Å². The fourth-order valence-corrected chi connectivity index (χ4v) is 15.0. The monoisotopic (exact) mass is 764 g/mol. The standard InChI is InChI=1S/C52H40N4OSi/c1-52(2)40-26-11-15-30-45(40)57-50-48-39-25-10-13-28-42(39)56(47-31-16-17-32-53-47)44(48)34-46(49(50)52)58(36-20-6-4-7-21-36,37-22-8-5-9-23-37)38-24-18-19-35(33-38)51-54-41-27-12-14-29-43(41)55(51)3/h4-34H,1-3H3. The number of aryl methyl sites for hydroxylation is 1. The molecule has 278 valence electrons. The van der Waals surface area contributed by atoms with Crippen LogP contribution in [0.1, 0.15) is 25.0 Å². The zero-order chi connectivity index (χ0) is 39.0. The van der Waals surface area contributed by atoms with Crippen molar-refractivity contribution in [3.05, 3.63) is 199 Å². The maximum Gasteiger partial charge on any atom is 0.180 e. The summed E-state index contributed by atoms with van der Waals surface area (Å²) in [5, 5.41) is 7.37. The molecule has 0 bridgehead atoms. The van der Waals surface area contributed by atoms with Gasteiger partial charge in [0, 0.05) is 40.7 Å². The third-order valence-electron chi connectivity index (χ3n) is 12.4. The van der Waals surface area contributed by atoms with Crippen molar-refractivity contribution >= 4 is 61.7 Å². The number of nitrogens with zero attached hydrogens (tertiary/aromatic N) is 4. The summed E-state index contributed by atoms with van der Waals surface area (Å²) in [4.78, 5) is 10.2. The summed E-state index contributed by atoms with van der Waals surface area (Å²) in [5.74, 6) is 3.61. The summed E-state index contributed by atoms with van der Waals surface area (Å²) < 4.78 is 11.9. The number of imidazole rings is 1. The summed E-state index contributed by atoms with van der Waals surface area (Å²) in [5.41, 5.74) is 7.29. The van der Waals surface area contributed by atoms with E-state index in [1.807, 2.05) is 12.3 Å². The molecule has 7 aromatic carbocycles. The highest BCUT2D eigenvalue weighted by atomic mass is 28.3. The molecule has 0 amide bonds. The molecule has 0 fully saturated rings. The second-order valence-corrected chi connectivity index (χ2v) is 19.6. The molecule has 10 aromatic rings. The van der Waals surface area contributed by atoms with E-state index in [-0.39, 0.29) is 0 Å². The maximum atomic E-state index is 7.34. The van der Waals surface area contributed by atoms with E-state index in [0.717, 1.165) is 61.5 Å². The van der Waals surface area contributed by atoms with E-state index in [2.05, 4.69) is 206 Å². The number of ether oxygens (including phenoxy) is 1. The Morgan fingerprint density at radius 1 is 0.586 bits per heavy atom. The molecule has 0 saturated carbocycles. The third-order valence-corrected chi connectivity index (χ3v) is 17.1. The van der Waals surface area contributed by atoms with Crippen molar-refractivity contribution in [2.24, 2.45) is 7.05 Å². The minimum Gasteiger partial charge on any atom is -0.456 e. The molecule has 1 aliphatic rings. The smallest absolute Gasteiger partial charge is 0.180 e. The second kappa shape index (κ2) is 13.0. The number of hydrogen-bond acceptors (Lipinski definition) is 3. The second-order valence-electron chi connectivity index (χ2n) is 15.8. The van der Waals surface area contributed by atoms with Gasteiger partial charge in [0.15, 0.2) is 8.07 Å². The fourth-order valence-electron chi connectivity index (χ4n) is 9.80. The lowest BCUT2D eigenvalue weighted by molar-refractivity contribution is 0.424. The lowest BCUT2D eigenvalue weighted by Gasteiger charge is -2.42. The Morgan fingerprint density at radius 2 is 1.24 bits per heavy atom. The van der Waals surface area contributed by atoms with E-state index < -0.39 is 13.5 Å². The van der Waals surface area contributed by atoms with Gasteiger partial charge in [-0.05, 0) is 63.2 Å². The van der Waals surface area contributed by atoms with E-state index >= 15 is 0 Å². The number of hydrogen-bond donors (Lipinski definition) is 0. The van der Waals surface area contributed by atoms with Crippen molar-refractivity contribution in [3.63, 3.8) is 0 Å². The summed E-state index contributed by atoms with van der Waals surface area (Å²) >= 11 is 0. The van der Waals surface area contributed by atoms with Crippen LogP contribution in [0, 0.1) is 0 Å². The Bertz CT molecular complexity index is 3150. The number of rotatable bonds is 6. The van der Waals surface area contributed by atoms with E-state index in [1.165, 1.54) is 31.9 Å². The molecule has 11 rings (SSSR count). The molecule has 58 heavy (non-hydrogen) atoms. The van der Waals surface area contributed by atoms with Gasteiger partial charge in [-0.1, -0.05) is 153 Å². The average Bonchev–Trinajstić information content (AvgIpc) is 3.79. The molecular weight excluding hydrogens is 725 g/mol. The van der Waals surface area contributed by atoms with Gasteiger partial charge >= 0.3 is 0 Å². The summed E-state index contributed by atoms with van der Waals surface area (Å²) in [6.07, 6.45) is 1.88. The quantitative estimate of drug-likeness (QED) is 0.125. The SMILES string of the molecule is Cn1c(-c2cccc([Si](c3ccccc3)(c3ccccc3)c3cc4c(c5c3C(C)(C)c3ccccc3O5)c3ccccc3n4-c3ccccn3)c2)nc2ccccc21. The molecule has 0 radical (unpaired) electrons. The van der Waals surface area contributed by atoms with Gasteiger partial charge in [0.1, 0.15) is 23.1 Å². The van der Waals surface area contributed by atoms with Crippen LogP contribution < -0.4 is 25.5 Å². The third kappa shape index (κ3) is 4.88. The van der Waals surface area contributed by atoms with Crippen LogP contribution in [0.5, 0.6) is 11.5 Å². The molecule has 0 atom stereocenters. The van der Waals surface area contributed by atoms with Gasteiger partial charge in [0.25, 0.3) is 0 Å². The van der Waals surface area contributed by atoms with Gasteiger partial charge in [-0.25, -0.2) is 9.97 Å². The first-order valence-electron chi connectivity index (χ1n) is 19.9. The van der Waals surface area contributed by atoms with Gasteiger partial charge in [0.2, 0.25) is 0 Å². The Morgan fingerprint density at radius 3 is 1.98 bits per heavy atom. The van der Waals surface area contributed by atoms with E-state index in [0.29, 0.717) is 0 Å². The van der Waals surface area contributed by atoms with Crippen LogP contribution in [-0.4, -0.2) is 27.2 Å². The highest BCUT2D eigenvalue weighted by molar-refractivity contribution is 7.20. The lowest BCUT2D eigenvalue weighted by Crippen LogP contribution is -2.76. The highest BCUT2D eigenvalue weighted by Crippen LogP contribution is 2.52. The lowest BCUT2D eigenvalue weighted by atomic mass is 9.75. The van der Waals surface area contributed by atoms with Crippen molar-refractivity contribution in [1.82, 2.24) is 19.1 Å². The van der Waals surface area contributed by atoms with Crippen LogP contribution in [0.15, 0.2) is 188 Å². The van der Waals surface area contributed by atoms with Crippen LogP contribution in [-0.2, 0) is 12.5 Å². The van der Waals surface area contributed by atoms with Crippen LogP contribution in [0.4, 0.5) is 0 Å². The van der Waals surface area contributed by atoms with Gasteiger partial charge < -0.3 is 9.30 Å². The number of fused-ring (bicyclic) bond motifs is 7. The van der Waals surface area contributed by atoms with Crippen LogP contribution in [0.3, 0.4) is 0 Å². The van der Waals surface area contributed by atoms with Crippen LogP contribution in [0.25, 0.3) is 50.0 Å². The molecule has 0 aliphatic carbocycles. The largest absolute Gasteiger partial charge is 0.456 e.